The summed E-state index contributed by atoms with van der Waals surface area (Å²) in [6, 6.07) is 10.9. The van der Waals surface area contributed by atoms with Crippen LogP contribution in [-0.2, 0) is 9.59 Å². The van der Waals surface area contributed by atoms with Crippen molar-refractivity contribution in [2.45, 2.75) is 39.2 Å². The molecular weight excluding hydrogens is 382 g/mol. The third-order valence-electron chi connectivity index (χ3n) is 5.36. The van der Waals surface area contributed by atoms with Crippen LogP contribution in [0.3, 0.4) is 0 Å². The molecule has 0 spiro atoms. The van der Waals surface area contributed by atoms with Crippen LogP contribution >= 0.6 is 0 Å². The number of ether oxygens (including phenoxy) is 1. The van der Waals surface area contributed by atoms with Gasteiger partial charge in [0.05, 0.1) is 24.3 Å². The number of nitrogens with zero attached hydrogens (tertiary/aromatic N) is 1. The fourth-order valence-electron chi connectivity index (χ4n) is 3.80. The first-order chi connectivity index (χ1) is 14.4. The average molecular weight is 409 g/mol. The molecule has 6 nitrogen and oxygen atoms in total. The Bertz CT molecular complexity index is 978. The summed E-state index contributed by atoms with van der Waals surface area (Å²) in [6.07, 6.45) is 2.66. The van der Waals surface area contributed by atoms with Crippen molar-refractivity contribution >= 4 is 17.4 Å². The number of rotatable bonds is 7. The number of aliphatic hydroxyl groups is 1. The minimum Gasteiger partial charge on any atom is -0.508 e. The zero-order chi connectivity index (χ0) is 21.8. The lowest BCUT2D eigenvalue weighted by Gasteiger charge is -2.25. The highest BCUT2D eigenvalue weighted by Gasteiger charge is 2.46. The topological polar surface area (TPSA) is 87.1 Å². The van der Waals surface area contributed by atoms with E-state index >= 15 is 0 Å². The second-order valence-corrected chi connectivity index (χ2v) is 7.49. The number of likely N-dealkylation sites (tertiary alicyclic amines) is 1. The normalized spacial score (nSPS) is 18.1. The number of phenolic OH excluding ortho intramolecular Hbond substituents is 1. The Morgan fingerprint density at radius 2 is 1.80 bits per heavy atom. The summed E-state index contributed by atoms with van der Waals surface area (Å²) in [5.74, 6) is -1.10. The molecule has 30 heavy (non-hydrogen) atoms. The van der Waals surface area contributed by atoms with Crippen LogP contribution in [0.5, 0.6) is 11.5 Å². The summed E-state index contributed by atoms with van der Waals surface area (Å²) in [7, 11) is 1.49. The van der Waals surface area contributed by atoms with E-state index in [2.05, 4.69) is 6.92 Å². The highest BCUT2D eigenvalue weighted by Crippen LogP contribution is 2.41. The van der Waals surface area contributed by atoms with Crippen molar-refractivity contribution in [1.82, 2.24) is 4.90 Å². The Hall–Kier alpha value is -3.28. The molecule has 1 amide bonds. The van der Waals surface area contributed by atoms with Gasteiger partial charge in [-0.1, -0.05) is 43.5 Å². The summed E-state index contributed by atoms with van der Waals surface area (Å²) >= 11 is 0. The molecule has 1 aliphatic rings. The maximum atomic E-state index is 13.0. The first-order valence-corrected chi connectivity index (χ1v) is 10.1. The molecule has 158 valence electrons. The van der Waals surface area contributed by atoms with Gasteiger partial charge < -0.3 is 19.8 Å². The SMILES string of the molecule is CCCCCN1C(=O)C(=O)/C(=C(/O)c2cc(C)ccc2OC)C1c1ccc(O)cc1. The van der Waals surface area contributed by atoms with Crippen LogP contribution in [0, 0.1) is 6.92 Å². The number of hydrogen-bond acceptors (Lipinski definition) is 5. The molecule has 0 aliphatic carbocycles. The second kappa shape index (κ2) is 9.03. The van der Waals surface area contributed by atoms with Crippen molar-refractivity contribution in [1.29, 1.82) is 0 Å². The molecular formula is C24H27NO5. The Balaban J connectivity index is 2.18. The van der Waals surface area contributed by atoms with Crippen LogP contribution in [-0.4, -0.2) is 40.5 Å². The standard InChI is InChI=1S/C24H27NO5/c1-4-5-6-13-25-21(16-8-10-17(26)11-9-16)20(23(28)24(25)29)22(27)18-14-15(2)7-12-19(18)30-3/h7-12,14,21,26-27H,4-6,13H2,1-3H3/b22-20+. The number of aliphatic hydroxyl groups excluding tert-OH is 1. The molecule has 2 N–H and O–H groups in total. The van der Waals surface area contributed by atoms with Gasteiger partial charge in [-0.3, -0.25) is 9.59 Å². The Labute approximate surface area is 176 Å². The van der Waals surface area contributed by atoms with Crippen LogP contribution in [0.1, 0.15) is 48.9 Å². The Kier molecular flexibility index (Phi) is 6.45. The van der Waals surface area contributed by atoms with Gasteiger partial charge in [-0.15, -0.1) is 0 Å². The van der Waals surface area contributed by atoms with E-state index < -0.39 is 17.7 Å². The molecule has 1 heterocycles. The number of aromatic hydroxyl groups is 1. The molecule has 2 aromatic carbocycles. The maximum Gasteiger partial charge on any atom is 0.295 e. The number of ketones is 1. The third kappa shape index (κ3) is 4.03. The highest BCUT2D eigenvalue weighted by molar-refractivity contribution is 6.46. The summed E-state index contributed by atoms with van der Waals surface area (Å²) < 4.78 is 5.37. The minimum atomic E-state index is -0.729. The van der Waals surface area contributed by atoms with E-state index in [1.807, 2.05) is 13.0 Å². The molecule has 0 bridgehead atoms. The average Bonchev–Trinajstić information content (AvgIpc) is 2.99. The van der Waals surface area contributed by atoms with Crippen molar-refractivity contribution < 1.29 is 24.5 Å². The molecule has 1 unspecified atom stereocenters. The minimum absolute atomic E-state index is 0.0334. The van der Waals surface area contributed by atoms with E-state index in [1.165, 1.54) is 24.1 Å². The lowest BCUT2D eigenvalue weighted by molar-refractivity contribution is -0.139. The van der Waals surface area contributed by atoms with Crippen LogP contribution in [0.4, 0.5) is 0 Å². The van der Waals surface area contributed by atoms with E-state index in [0.717, 1.165) is 24.8 Å². The Morgan fingerprint density at radius 3 is 2.43 bits per heavy atom. The quantitative estimate of drug-likeness (QED) is 0.308. The third-order valence-corrected chi connectivity index (χ3v) is 5.36. The number of benzene rings is 2. The summed E-state index contributed by atoms with van der Waals surface area (Å²) in [6.45, 7) is 4.35. The number of hydrogen-bond donors (Lipinski definition) is 2. The number of carbonyl (C=O) groups is 2. The van der Waals surface area contributed by atoms with Gasteiger partial charge in [0.2, 0.25) is 0 Å². The van der Waals surface area contributed by atoms with E-state index in [1.54, 1.807) is 24.3 Å². The van der Waals surface area contributed by atoms with E-state index in [9.17, 15) is 19.8 Å². The number of amides is 1. The number of unbranched alkanes of at least 4 members (excludes halogenated alkanes) is 2. The van der Waals surface area contributed by atoms with Crippen molar-refractivity contribution in [3.8, 4) is 11.5 Å². The number of phenols is 1. The number of aryl methyl sites for hydroxylation is 1. The second-order valence-electron chi connectivity index (χ2n) is 7.49. The van der Waals surface area contributed by atoms with Gasteiger partial charge in [0.25, 0.3) is 11.7 Å². The van der Waals surface area contributed by atoms with Gasteiger partial charge >= 0.3 is 0 Å². The van der Waals surface area contributed by atoms with Crippen LogP contribution in [0.2, 0.25) is 0 Å². The molecule has 0 saturated carbocycles. The predicted octanol–water partition coefficient (Wildman–Crippen LogP) is 4.32. The van der Waals surface area contributed by atoms with Gasteiger partial charge in [-0.2, -0.15) is 0 Å². The fourth-order valence-corrected chi connectivity index (χ4v) is 3.80. The summed E-state index contributed by atoms with van der Waals surface area (Å²) in [5, 5.41) is 20.8. The molecule has 2 aromatic rings. The molecule has 1 aliphatic heterocycles. The first-order valence-electron chi connectivity index (χ1n) is 10.1. The number of Topliss-reactive ketones (excluding diaryl/α,β-unsaturated/α-hetero) is 1. The molecule has 1 saturated heterocycles. The van der Waals surface area contributed by atoms with E-state index in [4.69, 9.17) is 4.74 Å². The van der Waals surface area contributed by atoms with Gasteiger partial charge in [-0.05, 0) is 43.2 Å². The van der Waals surface area contributed by atoms with Crippen molar-refractivity contribution in [2.24, 2.45) is 0 Å². The van der Waals surface area contributed by atoms with Crippen LogP contribution in [0.25, 0.3) is 5.76 Å². The molecule has 1 fully saturated rings. The predicted molar refractivity (Wildman–Crippen MR) is 114 cm³/mol. The van der Waals surface area contributed by atoms with Crippen LogP contribution in [0.15, 0.2) is 48.0 Å². The molecule has 0 aromatic heterocycles. The van der Waals surface area contributed by atoms with Crippen molar-refractivity contribution in [2.75, 3.05) is 13.7 Å². The zero-order valence-electron chi connectivity index (χ0n) is 17.5. The van der Waals surface area contributed by atoms with Gasteiger partial charge in [-0.25, -0.2) is 0 Å². The summed E-state index contributed by atoms with van der Waals surface area (Å²) in [4.78, 5) is 27.4. The molecule has 3 rings (SSSR count). The number of carbonyl (C=O) groups excluding carboxylic acids is 2. The molecule has 1 atom stereocenters. The smallest absolute Gasteiger partial charge is 0.295 e. The largest absolute Gasteiger partial charge is 0.508 e. The highest BCUT2D eigenvalue weighted by atomic mass is 16.5. The molecule has 6 heteroatoms. The van der Waals surface area contributed by atoms with Crippen molar-refractivity contribution in [3.63, 3.8) is 0 Å². The zero-order valence-corrected chi connectivity index (χ0v) is 17.5. The monoisotopic (exact) mass is 409 g/mol. The van der Waals surface area contributed by atoms with Crippen molar-refractivity contribution in [3.05, 3.63) is 64.7 Å². The lowest BCUT2D eigenvalue weighted by atomic mass is 9.94. The fraction of sp³-hybridized carbons (Fsp3) is 0.333. The maximum absolute atomic E-state index is 13.0. The lowest BCUT2D eigenvalue weighted by Crippen LogP contribution is -2.30. The molecule has 0 radical (unpaired) electrons. The van der Waals surface area contributed by atoms with Gasteiger partial charge in [0.1, 0.15) is 17.3 Å². The van der Waals surface area contributed by atoms with Gasteiger partial charge in [0.15, 0.2) is 0 Å². The van der Waals surface area contributed by atoms with Gasteiger partial charge in [0, 0.05) is 6.54 Å². The Morgan fingerprint density at radius 1 is 1.10 bits per heavy atom. The summed E-state index contributed by atoms with van der Waals surface area (Å²) in [5.41, 5.74) is 1.94. The first kappa shape index (κ1) is 21.4. The van der Waals surface area contributed by atoms with Crippen LogP contribution < -0.4 is 4.74 Å². The van der Waals surface area contributed by atoms with E-state index in [0.29, 0.717) is 23.4 Å². The number of methoxy groups -OCH3 is 1. The van der Waals surface area contributed by atoms with E-state index in [-0.39, 0.29) is 17.1 Å².